The first-order valence-electron chi connectivity index (χ1n) is 8.31. The lowest BCUT2D eigenvalue weighted by Crippen LogP contribution is -2.36. The molecule has 1 aromatic carbocycles. The van der Waals surface area contributed by atoms with Crippen LogP contribution in [0.4, 0.5) is 5.69 Å². The van der Waals surface area contributed by atoms with Gasteiger partial charge in [0.05, 0.1) is 16.1 Å². The normalized spacial score (nSPS) is 20.8. The van der Waals surface area contributed by atoms with Crippen molar-refractivity contribution in [3.05, 3.63) is 21.8 Å². The molecule has 1 heterocycles. The highest BCUT2D eigenvalue weighted by molar-refractivity contribution is 14.1. The maximum Gasteiger partial charge on any atom is 0.312 e. The molecular weight excluding hydrogens is 419 g/mol. The van der Waals surface area contributed by atoms with Crippen LogP contribution in [-0.2, 0) is 9.53 Å². The summed E-state index contributed by atoms with van der Waals surface area (Å²) < 4.78 is 12.1. The van der Waals surface area contributed by atoms with Gasteiger partial charge in [0.25, 0.3) is 0 Å². The van der Waals surface area contributed by atoms with Crippen LogP contribution >= 0.6 is 22.6 Å². The number of carbonyl (C=O) groups is 1. The van der Waals surface area contributed by atoms with Crippen molar-refractivity contribution in [3.8, 4) is 5.75 Å². The fourth-order valence-corrected chi connectivity index (χ4v) is 3.35. The standard InChI is InChI=1S/C18H27IN2O3/c1-6-21(12-7-8-14(19)15(9-12)23-5)13-10-16(20-11-13)24-17(22)18(2,3)4/h7-9,13,16,20H,6,10-11H2,1-5H3/t13-,16?/m1/s1. The molecule has 5 nitrogen and oxygen atoms in total. The van der Waals surface area contributed by atoms with Gasteiger partial charge in [0.2, 0.25) is 0 Å². The number of anilines is 1. The maximum atomic E-state index is 12.1. The first kappa shape index (κ1) is 19.3. The SMILES string of the molecule is CCN(c1ccc(I)c(OC)c1)[C@H]1CNC(OC(=O)C(C)(C)C)C1. The summed E-state index contributed by atoms with van der Waals surface area (Å²) in [4.78, 5) is 14.4. The molecule has 0 amide bonds. The van der Waals surface area contributed by atoms with Crippen LogP contribution in [0.25, 0.3) is 0 Å². The van der Waals surface area contributed by atoms with Gasteiger partial charge in [0, 0.05) is 37.3 Å². The van der Waals surface area contributed by atoms with Gasteiger partial charge in [-0.2, -0.15) is 0 Å². The molecule has 0 spiro atoms. The van der Waals surface area contributed by atoms with E-state index in [2.05, 4.69) is 57.9 Å². The number of nitrogens with zero attached hydrogens (tertiary/aromatic N) is 1. The lowest BCUT2D eigenvalue weighted by atomic mass is 9.97. The highest BCUT2D eigenvalue weighted by Gasteiger charge is 2.33. The van der Waals surface area contributed by atoms with Crippen LogP contribution in [0.5, 0.6) is 5.75 Å². The molecule has 1 aromatic rings. The minimum absolute atomic E-state index is 0.167. The number of hydrogen-bond donors (Lipinski definition) is 1. The van der Waals surface area contributed by atoms with Crippen LogP contribution in [0.1, 0.15) is 34.1 Å². The number of benzene rings is 1. The summed E-state index contributed by atoms with van der Waals surface area (Å²) in [5.41, 5.74) is 0.651. The van der Waals surface area contributed by atoms with Crippen molar-refractivity contribution in [1.29, 1.82) is 0 Å². The Morgan fingerprint density at radius 1 is 1.42 bits per heavy atom. The topological polar surface area (TPSA) is 50.8 Å². The second kappa shape index (κ2) is 7.91. The number of hydrogen-bond acceptors (Lipinski definition) is 5. The molecule has 1 unspecified atom stereocenters. The molecule has 1 aliphatic rings. The number of halogens is 1. The third kappa shape index (κ3) is 4.53. The third-order valence-corrected chi connectivity index (χ3v) is 5.07. The Hall–Kier alpha value is -1.02. The van der Waals surface area contributed by atoms with Crippen molar-refractivity contribution < 1.29 is 14.3 Å². The Morgan fingerprint density at radius 2 is 2.12 bits per heavy atom. The van der Waals surface area contributed by atoms with E-state index in [9.17, 15) is 4.79 Å². The molecule has 1 fully saturated rings. The number of carbonyl (C=O) groups excluding carboxylic acids is 1. The van der Waals surface area contributed by atoms with Crippen molar-refractivity contribution in [1.82, 2.24) is 5.32 Å². The van der Waals surface area contributed by atoms with E-state index in [1.54, 1.807) is 7.11 Å². The molecule has 1 N–H and O–H groups in total. The van der Waals surface area contributed by atoms with Gasteiger partial charge in [-0.3, -0.25) is 10.1 Å². The molecule has 0 aliphatic carbocycles. The van der Waals surface area contributed by atoms with E-state index >= 15 is 0 Å². The number of ether oxygens (including phenoxy) is 2. The second-order valence-corrected chi connectivity index (χ2v) is 8.21. The minimum atomic E-state index is -0.478. The Morgan fingerprint density at radius 3 is 2.71 bits per heavy atom. The molecule has 0 saturated carbocycles. The highest BCUT2D eigenvalue weighted by atomic mass is 127. The van der Waals surface area contributed by atoms with Crippen LogP contribution in [0.3, 0.4) is 0 Å². The predicted molar refractivity (Wildman–Crippen MR) is 104 cm³/mol. The zero-order valence-corrected chi connectivity index (χ0v) is 17.2. The molecule has 0 radical (unpaired) electrons. The molecule has 1 saturated heterocycles. The second-order valence-electron chi connectivity index (χ2n) is 7.05. The first-order valence-corrected chi connectivity index (χ1v) is 9.38. The third-order valence-electron chi connectivity index (χ3n) is 4.18. The van der Waals surface area contributed by atoms with Crippen molar-refractivity contribution in [2.75, 3.05) is 25.1 Å². The van der Waals surface area contributed by atoms with Crippen LogP contribution in [0, 0.1) is 8.99 Å². The Labute approximate surface area is 158 Å². The van der Waals surface area contributed by atoms with Gasteiger partial charge in [0.15, 0.2) is 6.23 Å². The Balaban J connectivity index is 2.06. The van der Waals surface area contributed by atoms with Crippen LogP contribution in [0.15, 0.2) is 18.2 Å². The van der Waals surface area contributed by atoms with Gasteiger partial charge in [-0.05, 0) is 62.4 Å². The van der Waals surface area contributed by atoms with Gasteiger partial charge < -0.3 is 14.4 Å². The monoisotopic (exact) mass is 446 g/mol. The van der Waals surface area contributed by atoms with E-state index < -0.39 is 5.41 Å². The van der Waals surface area contributed by atoms with E-state index in [-0.39, 0.29) is 18.2 Å². The highest BCUT2D eigenvalue weighted by Crippen LogP contribution is 2.30. The molecular formula is C18H27IN2O3. The van der Waals surface area contributed by atoms with Crippen molar-refractivity contribution in [2.24, 2.45) is 5.41 Å². The lowest BCUT2D eigenvalue weighted by molar-refractivity contribution is -0.159. The number of nitrogens with one attached hydrogen (secondary N) is 1. The van der Waals surface area contributed by atoms with Gasteiger partial charge in [-0.25, -0.2) is 0 Å². The quantitative estimate of drug-likeness (QED) is 0.555. The number of likely N-dealkylation sites (N-methyl/N-ethyl adjacent to an activating group) is 1. The maximum absolute atomic E-state index is 12.1. The Kier molecular flexibility index (Phi) is 6.36. The number of esters is 1. The summed E-state index contributed by atoms with van der Waals surface area (Å²) in [5.74, 6) is 0.716. The Bertz CT molecular complexity index is 586. The summed E-state index contributed by atoms with van der Waals surface area (Å²) in [6.45, 7) is 9.44. The fourth-order valence-electron chi connectivity index (χ4n) is 2.79. The van der Waals surface area contributed by atoms with E-state index in [0.717, 1.165) is 34.5 Å². The van der Waals surface area contributed by atoms with Crippen molar-refractivity contribution in [3.63, 3.8) is 0 Å². The molecule has 6 heteroatoms. The summed E-state index contributed by atoms with van der Waals surface area (Å²) in [5, 5.41) is 3.32. The average molecular weight is 446 g/mol. The first-order chi connectivity index (χ1) is 11.3. The molecule has 134 valence electrons. The lowest BCUT2D eigenvalue weighted by Gasteiger charge is -2.30. The summed E-state index contributed by atoms with van der Waals surface area (Å²) >= 11 is 2.27. The van der Waals surface area contributed by atoms with E-state index in [1.165, 1.54) is 0 Å². The number of rotatable bonds is 5. The average Bonchev–Trinajstić information content (AvgIpc) is 2.97. The molecule has 0 bridgehead atoms. The van der Waals surface area contributed by atoms with Gasteiger partial charge in [-0.15, -0.1) is 0 Å². The van der Waals surface area contributed by atoms with Crippen LogP contribution in [-0.4, -0.2) is 38.4 Å². The van der Waals surface area contributed by atoms with Crippen LogP contribution in [0.2, 0.25) is 0 Å². The molecule has 0 aromatic heterocycles. The summed E-state index contributed by atoms with van der Waals surface area (Å²) in [6.07, 6.45) is 0.561. The van der Waals surface area contributed by atoms with E-state index in [4.69, 9.17) is 9.47 Å². The van der Waals surface area contributed by atoms with Crippen molar-refractivity contribution in [2.45, 2.75) is 46.4 Å². The van der Waals surface area contributed by atoms with E-state index in [1.807, 2.05) is 20.8 Å². The zero-order chi connectivity index (χ0) is 17.9. The molecule has 2 rings (SSSR count). The summed E-state index contributed by atoms with van der Waals surface area (Å²) in [7, 11) is 1.69. The van der Waals surface area contributed by atoms with Gasteiger partial charge in [-0.1, -0.05) is 0 Å². The predicted octanol–water partition coefficient (Wildman–Crippen LogP) is 3.40. The van der Waals surface area contributed by atoms with Crippen molar-refractivity contribution >= 4 is 34.2 Å². The van der Waals surface area contributed by atoms with Gasteiger partial charge in [0.1, 0.15) is 5.75 Å². The molecule has 24 heavy (non-hydrogen) atoms. The largest absolute Gasteiger partial charge is 0.496 e. The number of methoxy groups -OCH3 is 1. The fraction of sp³-hybridized carbons (Fsp3) is 0.611. The smallest absolute Gasteiger partial charge is 0.312 e. The zero-order valence-electron chi connectivity index (χ0n) is 15.1. The van der Waals surface area contributed by atoms with E-state index in [0.29, 0.717) is 0 Å². The van der Waals surface area contributed by atoms with Gasteiger partial charge >= 0.3 is 5.97 Å². The molecule has 1 aliphatic heterocycles. The molecule has 2 atom stereocenters. The van der Waals surface area contributed by atoms with Crippen LogP contribution < -0.4 is 15.0 Å². The summed E-state index contributed by atoms with van der Waals surface area (Å²) in [6, 6.07) is 6.54. The minimum Gasteiger partial charge on any atom is -0.496 e.